The van der Waals surface area contributed by atoms with Crippen LogP contribution < -0.4 is 5.32 Å². The number of carbonyl (C=O) groups excluding carboxylic acids is 1. The number of hydrogen-bond donors (Lipinski definition) is 3. The van der Waals surface area contributed by atoms with Crippen molar-refractivity contribution >= 4 is 23.0 Å². The van der Waals surface area contributed by atoms with Gasteiger partial charge < -0.3 is 20.3 Å². The number of fused-ring (bicyclic) bond motifs is 1. The number of aromatic amines is 1. The zero-order valence-corrected chi connectivity index (χ0v) is 10.7. The molecule has 2 amide bonds. The van der Waals surface area contributed by atoms with Crippen molar-refractivity contribution in [2.24, 2.45) is 0 Å². The lowest BCUT2D eigenvalue weighted by molar-refractivity contribution is -0.135. The Hall–Kier alpha value is -2.64. The zero-order valence-electron chi connectivity index (χ0n) is 10.7. The van der Waals surface area contributed by atoms with Crippen molar-refractivity contribution in [2.45, 2.75) is 6.54 Å². The van der Waals surface area contributed by atoms with Crippen molar-refractivity contribution in [1.29, 1.82) is 0 Å². The van der Waals surface area contributed by atoms with E-state index in [1.165, 1.54) is 30.1 Å². The molecule has 0 aliphatic heterocycles. The summed E-state index contributed by atoms with van der Waals surface area (Å²) in [5, 5.41) is 10.7. The van der Waals surface area contributed by atoms with E-state index in [4.69, 9.17) is 5.11 Å². The van der Waals surface area contributed by atoms with E-state index in [2.05, 4.69) is 15.3 Å². The van der Waals surface area contributed by atoms with Crippen LogP contribution in [0.25, 0.3) is 11.0 Å². The summed E-state index contributed by atoms with van der Waals surface area (Å²) in [7, 11) is 1.50. The van der Waals surface area contributed by atoms with Gasteiger partial charge in [0.1, 0.15) is 18.2 Å². The normalized spacial score (nSPS) is 10.5. The standard InChI is InChI=1S/C12H13FN4O3/c1-17(12(20)14-5-11(18)19)6-10-15-8-3-2-7(13)4-9(8)16-10/h2-4H,5-6H2,1H3,(H,14,20)(H,15,16)(H,18,19). The monoisotopic (exact) mass is 280 g/mol. The largest absolute Gasteiger partial charge is 0.480 e. The molecule has 0 fully saturated rings. The number of halogens is 1. The molecule has 3 N–H and O–H groups in total. The van der Waals surface area contributed by atoms with Crippen molar-refractivity contribution in [3.63, 3.8) is 0 Å². The van der Waals surface area contributed by atoms with E-state index in [0.29, 0.717) is 16.9 Å². The van der Waals surface area contributed by atoms with Crippen LogP contribution in [0.15, 0.2) is 18.2 Å². The zero-order chi connectivity index (χ0) is 14.7. The summed E-state index contributed by atoms with van der Waals surface area (Å²) in [6.45, 7) is -0.295. The number of rotatable bonds is 4. The molecule has 0 saturated heterocycles. The second-order valence-corrected chi connectivity index (χ2v) is 4.25. The number of carbonyl (C=O) groups is 2. The van der Waals surface area contributed by atoms with E-state index in [0.717, 1.165) is 0 Å². The molecule has 0 unspecified atom stereocenters. The number of H-pyrrole nitrogens is 1. The third-order valence-electron chi connectivity index (χ3n) is 2.62. The number of carboxylic acid groups (broad SMARTS) is 1. The first kappa shape index (κ1) is 13.8. The third-order valence-corrected chi connectivity index (χ3v) is 2.62. The van der Waals surface area contributed by atoms with Crippen LogP contribution in [-0.2, 0) is 11.3 Å². The minimum absolute atomic E-state index is 0.155. The summed E-state index contributed by atoms with van der Waals surface area (Å²) < 4.78 is 13.0. The van der Waals surface area contributed by atoms with E-state index < -0.39 is 18.5 Å². The van der Waals surface area contributed by atoms with Crippen LogP contribution in [0.4, 0.5) is 9.18 Å². The van der Waals surface area contributed by atoms with Gasteiger partial charge >= 0.3 is 12.0 Å². The predicted octanol–water partition coefficient (Wildman–Crippen LogP) is 0.928. The topological polar surface area (TPSA) is 98.3 Å². The Kier molecular flexibility index (Phi) is 3.83. The Morgan fingerprint density at radius 3 is 2.95 bits per heavy atom. The van der Waals surface area contributed by atoms with Gasteiger partial charge in [-0.1, -0.05) is 0 Å². The van der Waals surface area contributed by atoms with Gasteiger partial charge in [0.25, 0.3) is 0 Å². The number of hydrogen-bond acceptors (Lipinski definition) is 3. The third kappa shape index (κ3) is 3.22. The number of carboxylic acids is 1. The number of benzene rings is 1. The molecule has 1 heterocycles. The van der Waals surface area contributed by atoms with Gasteiger partial charge in [0, 0.05) is 7.05 Å². The maximum atomic E-state index is 13.0. The van der Waals surface area contributed by atoms with Crippen molar-refractivity contribution in [2.75, 3.05) is 13.6 Å². The Morgan fingerprint density at radius 2 is 2.25 bits per heavy atom. The van der Waals surface area contributed by atoms with E-state index in [-0.39, 0.29) is 12.4 Å². The number of nitrogens with zero attached hydrogens (tertiary/aromatic N) is 2. The Balaban J connectivity index is 2.03. The predicted molar refractivity (Wildman–Crippen MR) is 68.6 cm³/mol. The molecule has 0 saturated carbocycles. The van der Waals surface area contributed by atoms with E-state index in [9.17, 15) is 14.0 Å². The molecule has 0 atom stereocenters. The average molecular weight is 280 g/mol. The van der Waals surface area contributed by atoms with Gasteiger partial charge in [0.2, 0.25) is 0 Å². The number of imidazole rings is 1. The van der Waals surface area contributed by atoms with Gasteiger partial charge in [-0.2, -0.15) is 0 Å². The Bertz CT molecular complexity index is 655. The second-order valence-electron chi connectivity index (χ2n) is 4.25. The van der Waals surface area contributed by atoms with Crippen molar-refractivity contribution in [1.82, 2.24) is 20.2 Å². The molecule has 1 aromatic heterocycles. The molecule has 20 heavy (non-hydrogen) atoms. The lowest BCUT2D eigenvalue weighted by Crippen LogP contribution is -2.39. The number of amides is 2. The van der Waals surface area contributed by atoms with Crippen LogP contribution >= 0.6 is 0 Å². The van der Waals surface area contributed by atoms with Crippen LogP contribution in [-0.4, -0.2) is 45.6 Å². The molecular weight excluding hydrogens is 267 g/mol. The average Bonchev–Trinajstić information content (AvgIpc) is 2.76. The molecule has 1 aromatic carbocycles. The SMILES string of the molecule is CN(Cc1nc2ccc(F)cc2[nH]1)C(=O)NCC(=O)O. The highest BCUT2D eigenvalue weighted by Gasteiger charge is 2.12. The minimum Gasteiger partial charge on any atom is -0.480 e. The highest BCUT2D eigenvalue weighted by molar-refractivity contribution is 5.80. The molecule has 0 bridgehead atoms. The summed E-state index contributed by atoms with van der Waals surface area (Å²) in [5.74, 6) is -1.01. The van der Waals surface area contributed by atoms with E-state index in [1.54, 1.807) is 0 Å². The Morgan fingerprint density at radius 1 is 1.50 bits per heavy atom. The number of aromatic nitrogens is 2. The van der Waals surface area contributed by atoms with Gasteiger partial charge in [-0.25, -0.2) is 14.2 Å². The molecule has 106 valence electrons. The molecular formula is C12H13FN4O3. The van der Waals surface area contributed by atoms with Crippen LogP contribution in [0, 0.1) is 5.82 Å². The smallest absolute Gasteiger partial charge is 0.323 e. The Labute approximate surface area is 113 Å². The summed E-state index contributed by atoms with van der Waals surface area (Å²) in [6.07, 6.45) is 0. The molecule has 7 nitrogen and oxygen atoms in total. The lowest BCUT2D eigenvalue weighted by atomic mass is 10.3. The van der Waals surface area contributed by atoms with Crippen LogP contribution in [0.5, 0.6) is 0 Å². The van der Waals surface area contributed by atoms with Crippen molar-refractivity contribution in [3.05, 3.63) is 29.8 Å². The first-order valence-electron chi connectivity index (χ1n) is 5.80. The van der Waals surface area contributed by atoms with Crippen molar-refractivity contribution < 1.29 is 19.1 Å². The highest BCUT2D eigenvalue weighted by atomic mass is 19.1. The fourth-order valence-electron chi connectivity index (χ4n) is 1.69. The molecule has 2 aromatic rings. The second kappa shape index (κ2) is 5.55. The van der Waals surface area contributed by atoms with Gasteiger partial charge in [0.05, 0.1) is 17.6 Å². The van der Waals surface area contributed by atoms with Crippen LogP contribution in [0.1, 0.15) is 5.82 Å². The van der Waals surface area contributed by atoms with E-state index >= 15 is 0 Å². The first-order chi connectivity index (χ1) is 9.45. The van der Waals surface area contributed by atoms with Crippen molar-refractivity contribution in [3.8, 4) is 0 Å². The van der Waals surface area contributed by atoms with Gasteiger partial charge in [-0.3, -0.25) is 4.79 Å². The molecule has 0 spiro atoms. The van der Waals surface area contributed by atoms with Gasteiger partial charge in [0.15, 0.2) is 0 Å². The van der Waals surface area contributed by atoms with E-state index in [1.807, 2.05) is 0 Å². The molecule has 0 aliphatic carbocycles. The molecule has 2 rings (SSSR count). The molecule has 8 heteroatoms. The van der Waals surface area contributed by atoms with Gasteiger partial charge in [-0.05, 0) is 18.2 Å². The maximum Gasteiger partial charge on any atom is 0.323 e. The summed E-state index contributed by atoms with van der Waals surface area (Å²) in [6, 6.07) is 3.63. The fourth-order valence-corrected chi connectivity index (χ4v) is 1.69. The number of nitrogens with one attached hydrogen (secondary N) is 2. The quantitative estimate of drug-likeness (QED) is 0.775. The minimum atomic E-state index is -1.12. The molecule has 0 radical (unpaired) electrons. The number of aliphatic carboxylic acids is 1. The lowest BCUT2D eigenvalue weighted by Gasteiger charge is -2.15. The van der Waals surface area contributed by atoms with Crippen LogP contribution in [0.3, 0.4) is 0 Å². The molecule has 0 aliphatic rings. The number of urea groups is 1. The summed E-state index contributed by atoms with van der Waals surface area (Å²) >= 11 is 0. The fraction of sp³-hybridized carbons (Fsp3) is 0.250. The highest BCUT2D eigenvalue weighted by Crippen LogP contribution is 2.13. The maximum absolute atomic E-state index is 13.0. The van der Waals surface area contributed by atoms with Crippen LogP contribution in [0.2, 0.25) is 0 Å². The summed E-state index contributed by atoms with van der Waals surface area (Å²) in [4.78, 5) is 30.3. The first-order valence-corrected chi connectivity index (χ1v) is 5.80. The van der Waals surface area contributed by atoms with Gasteiger partial charge in [-0.15, -0.1) is 0 Å². The summed E-state index contributed by atoms with van der Waals surface area (Å²) in [5.41, 5.74) is 1.14.